The lowest BCUT2D eigenvalue weighted by molar-refractivity contribution is -0.115. The fourth-order valence-electron chi connectivity index (χ4n) is 1.62. The number of benzene rings is 1. The third-order valence-electron chi connectivity index (χ3n) is 2.68. The maximum Gasteiger partial charge on any atom is 0.237 e. The van der Waals surface area contributed by atoms with Gasteiger partial charge < -0.3 is 10.1 Å². The van der Waals surface area contributed by atoms with Crippen molar-refractivity contribution in [2.45, 2.75) is 24.3 Å². The third kappa shape index (κ3) is 3.94. The summed E-state index contributed by atoms with van der Waals surface area (Å²) in [7, 11) is 1.73. The summed E-state index contributed by atoms with van der Waals surface area (Å²) in [5, 5.41) is 14.3. The monoisotopic (exact) mass is 307 g/mol. The zero-order valence-electron chi connectivity index (χ0n) is 12.1. The van der Waals surface area contributed by atoms with Crippen LogP contribution in [0.15, 0.2) is 29.4 Å². The molecule has 112 valence electrons. The van der Waals surface area contributed by atoms with Crippen molar-refractivity contribution < 1.29 is 9.53 Å². The second kappa shape index (κ2) is 7.07. The van der Waals surface area contributed by atoms with Gasteiger partial charge in [0, 0.05) is 7.05 Å². The molecule has 2 aromatic rings. The molecule has 0 aliphatic carbocycles. The summed E-state index contributed by atoms with van der Waals surface area (Å²) in [5.41, 5.74) is 0.660. The summed E-state index contributed by atoms with van der Waals surface area (Å²) in [4.78, 5) is 12.2. The zero-order chi connectivity index (χ0) is 15.2. The summed E-state index contributed by atoms with van der Waals surface area (Å²) >= 11 is 1.30. The number of nitrogens with zero attached hydrogens (tertiary/aromatic N) is 4. The van der Waals surface area contributed by atoms with Crippen molar-refractivity contribution in [1.82, 2.24) is 20.2 Å². The average molecular weight is 307 g/mol. The van der Waals surface area contributed by atoms with Gasteiger partial charge in [-0.05, 0) is 36.4 Å². The number of rotatable bonds is 6. The Kier molecular flexibility index (Phi) is 5.15. The summed E-state index contributed by atoms with van der Waals surface area (Å²) in [6.07, 6.45) is 0. The van der Waals surface area contributed by atoms with Crippen molar-refractivity contribution in [3.8, 4) is 5.75 Å². The zero-order valence-corrected chi connectivity index (χ0v) is 12.9. The lowest BCUT2D eigenvalue weighted by atomic mass is 10.3. The van der Waals surface area contributed by atoms with E-state index >= 15 is 0 Å². The first-order chi connectivity index (χ1) is 10.1. The van der Waals surface area contributed by atoms with Crippen molar-refractivity contribution in [2.24, 2.45) is 7.05 Å². The molecule has 1 aromatic heterocycles. The van der Waals surface area contributed by atoms with Crippen molar-refractivity contribution in [3.63, 3.8) is 0 Å². The molecule has 21 heavy (non-hydrogen) atoms. The number of nitrogens with one attached hydrogen (secondary N) is 1. The number of ether oxygens (including phenoxy) is 1. The molecule has 0 radical (unpaired) electrons. The first-order valence-electron chi connectivity index (χ1n) is 6.53. The molecule has 1 atom stereocenters. The topological polar surface area (TPSA) is 81.9 Å². The number of hydrogen-bond acceptors (Lipinski definition) is 6. The summed E-state index contributed by atoms with van der Waals surface area (Å²) in [6.45, 7) is 4.25. The molecule has 0 aliphatic rings. The fourth-order valence-corrected chi connectivity index (χ4v) is 2.37. The fraction of sp³-hybridized carbons (Fsp3) is 0.385. The molecule has 1 aromatic carbocycles. The largest absolute Gasteiger partial charge is 0.492 e. The van der Waals surface area contributed by atoms with Gasteiger partial charge in [-0.3, -0.25) is 4.79 Å². The molecule has 1 N–H and O–H groups in total. The number of thioether (sulfide) groups is 1. The van der Waals surface area contributed by atoms with E-state index in [1.165, 1.54) is 16.4 Å². The molecule has 8 heteroatoms. The number of carbonyl (C=O) groups is 1. The van der Waals surface area contributed by atoms with Crippen molar-refractivity contribution in [1.29, 1.82) is 0 Å². The molecule has 1 heterocycles. The number of carbonyl (C=O) groups excluding carboxylic acids is 1. The van der Waals surface area contributed by atoms with Crippen LogP contribution in [-0.2, 0) is 11.8 Å². The van der Waals surface area contributed by atoms with Gasteiger partial charge in [0.15, 0.2) is 0 Å². The van der Waals surface area contributed by atoms with E-state index in [2.05, 4.69) is 20.8 Å². The third-order valence-corrected chi connectivity index (χ3v) is 3.80. The molecule has 0 aliphatic heterocycles. The van der Waals surface area contributed by atoms with E-state index in [0.29, 0.717) is 23.2 Å². The van der Waals surface area contributed by atoms with E-state index in [4.69, 9.17) is 4.74 Å². The first-order valence-corrected chi connectivity index (χ1v) is 7.41. The predicted molar refractivity (Wildman–Crippen MR) is 80.4 cm³/mol. The smallest absolute Gasteiger partial charge is 0.237 e. The molecule has 0 spiro atoms. The van der Waals surface area contributed by atoms with E-state index in [1.54, 1.807) is 14.0 Å². The van der Waals surface area contributed by atoms with Crippen molar-refractivity contribution >= 4 is 23.4 Å². The van der Waals surface area contributed by atoms with Crippen LogP contribution in [0.3, 0.4) is 0 Å². The second-order valence-electron chi connectivity index (χ2n) is 4.26. The van der Waals surface area contributed by atoms with Crippen LogP contribution in [0, 0.1) is 0 Å². The molecule has 1 amide bonds. The van der Waals surface area contributed by atoms with Crippen molar-refractivity contribution in [2.75, 3.05) is 11.9 Å². The Morgan fingerprint density at radius 3 is 2.90 bits per heavy atom. The minimum atomic E-state index is -0.329. The van der Waals surface area contributed by atoms with E-state index in [1.807, 2.05) is 31.2 Å². The van der Waals surface area contributed by atoms with Gasteiger partial charge >= 0.3 is 0 Å². The van der Waals surface area contributed by atoms with Gasteiger partial charge in [0.1, 0.15) is 5.75 Å². The minimum Gasteiger partial charge on any atom is -0.492 e. The normalized spacial score (nSPS) is 12.0. The Labute approximate surface area is 127 Å². The summed E-state index contributed by atoms with van der Waals surface area (Å²) < 4.78 is 7.01. The van der Waals surface area contributed by atoms with E-state index < -0.39 is 0 Å². The minimum absolute atomic E-state index is 0.129. The Hall–Kier alpha value is -2.09. The first kappa shape index (κ1) is 15.3. The van der Waals surface area contributed by atoms with Crippen LogP contribution >= 0.6 is 11.8 Å². The lowest BCUT2D eigenvalue weighted by Gasteiger charge is -2.14. The Balaban J connectivity index is 2.02. The standard InChI is InChI=1S/C13H17N5O2S/c1-4-20-11-8-6-5-7-10(11)14-12(19)9(2)21-13-15-16-17-18(13)3/h5-9H,4H2,1-3H3,(H,14,19)/t9-/m0/s1. The van der Waals surface area contributed by atoms with Gasteiger partial charge in [-0.25, -0.2) is 4.68 Å². The van der Waals surface area contributed by atoms with Crippen LogP contribution in [0.2, 0.25) is 0 Å². The summed E-state index contributed by atoms with van der Waals surface area (Å²) in [5.74, 6) is 0.529. The highest BCUT2D eigenvalue weighted by atomic mass is 32.2. The summed E-state index contributed by atoms with van der Waals surface area (Å²) in [6, 6.07) is 7.35. The molecule has 2 rings (SSSR count). The number of tetrazole rings is 1. The van der Waals surface area contributed by atoms with Crippen LogP contribution < -0.4 is 10.1 Å². The molecular formula is C13H17N5O2S. The Bertz CT molecular complexity index is 616. The van der Waals surface area contributed by atoms with Crippen molar-refractivity contribution in [3.05, 3.63) is 24.3 Å². The molecule has 0 saturated heterocycles. The number of anilines is 1. The van der Waals surface area contributed by atoms with Crippen LogP contribution in [0.1, 0.15) is 13.8 Å². The number of para-hydroxylation sites is 2. The SMILES string of the molecule is CCOc1ccccc1NC(=O)[C@H](C)Sc1nnnn1C. The predicted octanol–water partition coefficient (Wildman–Crippen LogP) is 1.73. The molecule has 0 saturated carbocycles. The average Bonchev–Trinajstić information content (AvgIpc) is 2.86. The second-order valence-corrected chi connectivity index (χ2v) is 5.57. The van der Waals surface area contributed by atoms with Crippen LogP contribution in [0.25, 0.3) is 0 Å². The molecule has 0 fully saturated rings. The number of aromatic nitrogens is 4. The van der Waals surface area contributed by atoms with Gasteiger partial charge in [0.2, 0.25) is 11.1 Å². The van der Waals surface area contributed by atoms with E-state index in [9.17, 15) is 4.79 Å². The molecule has 7 nitrogen and oxygen atoms in total. The number of hydrogen-bond donors (Lipinski definition) is 1. The van der Waals surface area contributed by atoms with Gasteiger partial charge in [-0.1, -0.05) is 23.9 Å². The van der Waals surface area contributed by atoms with Crippen LogP contribution in [0.5, 0.6) is 5.75 Å². The maximum absolute atomic E-state index is 12.2. The van der Waals surface area contributed by atoms with Gasteiger partial charge in [-0.2, -0.15) is 0 Å². The maximum atomic E-state index is 12.2. The lowest BCUT2D eigenvalue weighted by Crippen LogP contribution is -2.23. The quantitative estimate of drug-likeness (QED) is 0.818. The van der Waals surface area contributed by atoms with Gasteiger partial charge in [0.25, 0.3) is 0 Å². The number of aryl methyl sites for hydroxylation is 1. The number of amides is 1. The molecule has 0 unspecified atom stereocenters. The van der Waals surface area contributed by atoms with Crippen LogP contribution in [-0.4, -0.2) is 38.0 Å². The van der Waals surface area contributed by atoms with Crippen LogP contribution in [0.4, 0.5) is 5.69 Å². The van der Waals surface area contributed by atoms with Gasteiger partial charge in [0.05, 0.1) is 17.5 Å². The van der Waals surface area contributed by atoms with Gasteiger partial charge in [-0.15, -0.1) is 5.10 Å². The molecular weight excluding hydrogens is 290 g/mol. The Morgan fingerprint density at radius 1 is 1.48 bits per heavy atom. The van der Waals surface area contributed by atoms with E-state index in [0.717, 1.165) is 0 Å². The Morgan fingerprint density at radius 2 is 2.24 bits per heavy atom. The highest BCUT2D eigenvalue weighted by Crippen LogP contribution is 2.26. The highest BCUT2D eigenvalue weighted by Gasteiger charge is 2.18. The van der Waals surface area contributed by atoms with E-state index in [-0.39, 0.29) is 11.2 Å². The molecule has 0 bridgehead atoms. The highest BCUT2D eigenvalue weighted by molar-refractivity contribution is 8.00.